The van der Waals surface area contributed by atoms with Crippen molar-refractivity contribution < 1.29 is 29.7 Å². The number of carboxylic acids is 3. The summed E-state index contributed by atoms with van der Waals surface area (Å²) in [5.41, 5.74) is 7.48. The highest BCUT2D eigenvalue weighted by Crippen LogP contribution is 2.32. The van der Waals surface area contributed by atoms with Crippen LogP contribution in [0.2, 0.25) is 0 Å². The molecule has 3 heterocycles. The predicted molar refractivity (Wildman–Crippen MR) is 261 cm³/mol. The number of rotatable bonds is 18. The molecule has 6 rings (SSSR count). The third-order valence-electron chi connectivity index (χ3n) is 10.8. The zero-order valence-corrected chi connectivity index (χ0v) is 40.4. The van der Waals surface area contributed by atoms with Gasteiger partial charge < -0.3 is 15.3 Å². The summed E-state index contributed by atoms with van der Waals surface area (Å²) in [5.74, 6) is -1.34. The van der Waals surface area contributed by atoms with Gasteiger partial charge in [0.25, 0.3) is 0 Å². The normalized spacial score (nSPS) is 13.6. The average Bonchev–Trinajstić information content (AvgIpc) is 3.32. The summed E-state index contributed by atoms with van der Waals surface area (Å²) in [4.78, 5) is 55.3. The SMILES string of the molecule is CCCCCc1cnc(-c2ccc([C@@](C)(Cl)C(=O)O)cc2)nc1.CCCCc1cnc(-c2ccc([C@@](C)(Cl)C(=O)O)cc2)nc1.CCCc1cnc(-c2ccc([C@@](C)(Cl)C(=O)O)cc2)nc1. The number of hydrogen-bond acceptors (Lipinski definition) is 9. The van der Waals surface area contributed by atoms with Gasteiger partial charge in [-0.05, 0) is 86.3 Å². The van der Waals surface area contributed by atoms with Crippen molar-refractivity contribution in [1.82, 2.24) is 29.9 Å². The molecule has 3 atom stereocenters. The second-order valence-corrected chi connectivity index (χ2v) is 18.5. The van der Waals surface area contributed by atoms with Crippen molar-refractivity contribution >= 4 is 52.7 Å². The Bertz CT molecular complexity index is 2470. The smallest absolute Gasteiger partial charge is 0.329 e. The van der Waals surface area contributed by atoms with E-state index in [1.54, 1.807) is 72.8 Å². The van der Waals surface area contributed by atoms with Gasteiger partial charge in [0.15, 0.2) is 32.1 Å². The van der Waals surface area contributed by atoms with Crippen LogP contribution in [0, 0.1) is 0 Å². The molecule has 0 aliphatic heterocycles. The van der Waals surface area contributed by atoms with E-state index in [0.717, 1.165) is 78.3 Å². The first-order valence-electron chi connectivity index (χ1n) is 21.9. The van der Waals surface area contributed by atoms with Gasteiger partial charge in [0.1, 0.15) is 0 Å². The van der Waals surface area contributed by atoms with E-state index in [4.69, 9.17) is 50.1 Å². The van der Waals surface area contributed by atoms with E-state index in [1.807, 2.05) is 37.2 Å². The van der Waals surface area contributed by atoms with Crippen LogP contribution < -0.4 is 0 Å². The molecule has 3 N–H and O–H groups in total. The number of halogens is 3. The van der Waals surface area contributed by atoms with Crippen molar-refractivity contribution in [2.24, 2.45) is 0 Å². The Morgan fingerprint density at radius 1 is 0.409 bits per heavy atom. The summed E-state index contributed by atoms with van der Waals surface area (Å²) in [6.07, 6.45) is 20.9. The molecular formula is C51H57Cl3N6O6. The summed E-state index contributed by atoms with van der Waals surface area (Å²) in [7, 11) is 0. The molecule has 0 saturated heterocycles. The third kappa shape index (κ3) is 14.6. The number of carboxylic acid groups (broad SMARTS) is 3. The standard InChI is InChI=1S/C18H21ClN2O2.C17H19ClN2O2.C16H17ClN2O2/c1-3-4-5-6-13-11-20-16(21-12-13)14-7-9-15(10-8-14)18(2,19)17(22)23;1-3-4-5-12-10-19-15(20-11-12)13-6-8-14(9-7-13)17(2,18)16(21)22;1-3-4-11-9-18-14(19-10-11)12-5-7-13(8-6-12)16(2,17)15(20)21/h7-12H,3-6H2,1-2H3,(H,22,23);6-11H,3-5H2,1-2H3,(H,21,22);5-10H,3-4H2,1-2H3,(H,20,21)/t18-;17-;16-/m111/s1. The molecule has 3 aromatic heterocycles. The Hall–Kier alpha value is -5.82. The molecule has 348 valence electrons. The predicted octanol–water partition coefficient (Wildman–Crippen LogP) is 12.1. The van der Waals surface area contributed by atoms with Crippen molar-refractivity contribution in [2.45, 2.75) is 114 Å². The van der Waals surface area contributed by atoms with Crippen LogP contribution in [0.3, 0.4) is 0 Å². The van der Waals surface area contributed by atoms with Crippen molar-refractivity contribution in [2.75, 3.05) is 0 Å². The Kier molecular flexibility index (Phi) is 19.7. The quantitative estimate of drug-likeness (QED) is 0.0547. The van der Waals surface area contributed by atoms with E-state index in [2.05, 4.69) is 50.7 Å². The van der Waals surface area contributed by atoms with Crippen LogP contribution in [0.4, 0.5) is 0 Å². The van der Waals surface area contributed by atoms with Gasteiger partial charge in [-0.2, -0.15) is 0 Å². The molecule has 0 saturated carbocycles. The zero-order chi connectivity index (χ0) is 48.5. The number of hydrogen-bond donors (Lipinski definition) is 3. The molecule has 3 aromatic carbocycles. The molecule has 66 heavy (non-hydrogen) atoms. The number of aromatic nitrogens is 6. The van der Waals surface area contributed by atoms with Crippen LogP contribution in [-0.2, 0) is 48.3 Å². The van der Waals surface area contributed by atoms with Crippen LogP contribution in [0.15, 0.2) is 110 Å². The second-order valence-electron chi connectivity index (χ2n) is 16.2. The monoisotopic (exact) mass is 954 g/mol. The Morgan fingerprint density at radius 3 is 0.909 bits per heavy atom. The number of aliphatic carboxylic acids is 3. The molecule has 0 spiro atoms. The molecule has 6 aromatic rings. The maximum Gasteiger partial charge on any atom is 0.329 e. The fourth-order valence-electron chi connectivity index (χ4n) is 6.31. The highest BCUT2D eigenvalue weighted by Gasteiger charge is 2.34. The second kappa shape index (κ2) is 24.6. The van der Waals surface area contributed by atoms with E-state index in [9.17, 15) is 14.4 Å². The lowest BCUT2D eigenvalue weighted by molar-refractivity contribution is -0.140. The van der Waals surface area contributed by atoms with E-state index < -0.39 is 32.5 Å². The van der Waals surface area contributed by atoms with E-state index in [1.165, 1.54) is 33.6 Å². The van der Waals surface area contributed by atoms with Crippen molar-refractivity contribution in [3.63, 3.8) is 0 Å². The minimum Gasteiger partial charge on any atom is -0.480 e. The van der Waals surface area contributed by atoms with Gasteiger partial charge >= 0.3 is 17.9 Å². The van der Waals surface area contributed by atoms with Gasteiger partial charge in [-0.3, -0.25) is 0 Å². The highest BCUT2D eigenvalue weighted by molar-refractivity contribution is 6.34. The number of carbonyl (C=O) groups is 3. The lowest BCUT2D eigenvalue weighted by Crippen LogP contribution is -2.25. The van der Waals surface area contributed by atoms with E-state index >= 15 is 0 Å². The fraction of sp³-hybridized carbons (Fsp3) is 0.353. The Labute approximate surface area is 401 Å². The van der Waals surface area contributed by atoms with Gasteiger partial charge in [-0.15, -0.1) is 34.8 Å². The van der Waals surface area contributed by atoms with Gasteiger partial charge in [0.05, 0.1) is 0 Å². The summed E-state index contributed by atoms with van der Waals surface area (Å²) in [6.45, 7) is 10.8. The van der Waals surface area contributed by atoms with Crippen LogP contribution in [0.1, 0.15) is 113 Å². The number of alkyl halides is 3. The molecule has 12 nitrogen and oxygen atoms in total. The van der Waals surface area contributed by atoms with Gasteiger partial charge in [0.2, 0.25) is 0 Å². The van der Waals surface area contributed by atoms with Gasteiger partial charge in [-0.1, -0.05) is 119 Å². The molecule has 0 aliphatic rings. The van der Waals surface area contributed by atoms with Crippen molar-refractivity contribution in [3.8, 4) is 34.2 Å². The molecule has 0 amide bonds. The molecule has 0 unspecified atom stereocenters. The minimum absolute atomic E-state index is 0.531. The maximum absolute atomic E-state index is 11.2. The van der Waals surface area contributed by atoms with E-state index in [-0.39, 0.29) is 0 Å². The average molecular weight is 956 g/mol. The summed E-state index contributed by atoms with van der Waals surface area (Å²) < 4.78 is 0. The Balaban J connectivity index is 0.000000217. The molecular weight excluding hydrogens is 899 g/mol. The lowest BCUT2D eigenvalue weighted by atomic mass is 9.99. The van der Waals surface area contributed by atoms with Gasteiger partial charge in [-0.25, -0.2) is 44.3 Å². The number of benzene rings is 3. The number of aryl methyl sites for hydroxylation is 3. The number of nitrogens with zero attached hydrogens (tertiary/aromatic N) is 6. The molecule has 15 heteroatoms. The molecule has 0 aliphatic carbocycles. The van der Waals surface area contributed by atoms with Gasteiger partial charge in [0, 0.05) is 53.9 Å². The maximum atomic E-state index is 11.2. The largest absolute Gasteiger partial charge is 0.480 e. The van der Waals surface area contributed by atoms with Crippen molar-refractivity contribution in [3.05, 3.63) is 143 Å². The molecule has 0 bridgehead atoms. The highest BCUT2D eigenvalue weighted by atomic mass is 35.5. The zero-order valence-electron chi connectivity index (χ0n) is 38.1. The molecule has 0 fully saturated rings. The van der Waals surface area contributed by atoms with Crippen LogP contribution in [0.25, 0.3) is 34.2 Å². The first-order valence-corrected chi connectivity index (χ1v) is 23.0. The summed E-state index contributed by atoms with van der Waals surface area (Å²) in [6, 6.07) is 20.9. The fourth-order valence-corrected chi connectivity index (χ4v) is 6.69. The summed E-state index contributed by atoms with van der Waals surface area (Å²) in [5, 5.41) is 27.4. The minimum atomic E-state index is -1.43. The third-order valence-corrected chi connectivity index (χ3v) is 11.9. The lowest BCUT2D eigenvalue weighted by Gasteiger charge is -2.17. The van der Waals surface area contributed by atoms with Crippen LogP contribution in [0.5, 0.6) is 0 Å². The summed E-state index contributed by atoms with van der Waals surface area (Å²) >= 11 is 18.1. The topological polar surface area (TPSA) is 189 Å². The first kappa shape index (κ1) is 52.8. The van der Waals surface area contributed by atoms with Crippen molar-refractivity contribution in [1.29, 1.82) is 0 Å². The Morgan fingerprint density at radius 2 is 0.667 bits per heavy atom. The van der Waals surface area contributed by atoms with Crippen LogP contribution in [-0.4, -0.2) is 63.1 Å². The number of unbranched alkanes of at least 4 members (excludes halogenated alkanes) is 3. The first-order chi connectivity index (χ1) is 31.3. The molecule has 0 radical (unpaired) electrons. The van der Waals surface area contributed by atoms with Crippen LogP contribution >= 0.6 is 34.8 Å². The van der Waals surface area contributed by atoms with E-state index in [0.29, 0.717) is 34.2 Å².